The monoisotopic (exact) mass is 386 g/mol. The average molecular weight is 386 g/mol. The van der Waals surface area contributed by atoms with Crippen LogP contribution < -0.4 is 10.1 Å². The normalized spacial score (nSPS) is 12.3. The second kappa shape index (κ2) is 6.86. The molecule has 29 heavy (non-hydrogen) atoms. The van der Waals surface area contributed by atoms with Crippen LogP contribution in [0.4, 0.5) is 5.82 Å². The molecule has 0 saturated heterocycles. The van der Waals surface area contributed by atoms with Crippen molar-refractivity contribution in [2.45, 2.75) is 13.0 Å². The molecule has 0 bridgehead atoms. The largest absolute Gasteiger partial charge is 0.495 e. The molecule has 0 radical (unpaired) electrons. The summed E-state index contributed by atoms with van der Waals surface area (Å²) in [5.74, 6) is 2.16. The molecule has 9 heteroatoms. The highest BCUT2D eigenvalue weighted by atomic mass is 16.5. The second-order valence-corrected chi connectivity index (χ2v) is 6.51. The average Bonchev–Trinajstić information content (AvgIpc) is 3.39. The lowest BCUT2D eigenvalue weighted by Gasteiger charge is -2.18. The Bertz CT molecular complexity index is 1310. The fraction of sp³-hybridized carbons (Fsp3) is 0.150. The van der Waals surface area contributed by atoms with Crippen LogP contribution in [0.3, 0.4) is 0 Å². The molecule has 0 amide bonds. The lowest BCUT2D eigenvalue weighted by atomic mass is 10.2. The minimum Gasteiger partial charge on any atom is -0.495 e. The molecular weight excluding hydrogens is 368 g/mol. The van der Waals surface area contributed by atoms with E-state index in [1.807, 2.05) is 47.9 Å². The number of hydrogen-bond acceptors (Lipinski definition) is 7. The Balaban J connectivity index is 1.66. The fourth-order valence-electron chi connectivity index (χ4n) is 3.41. The van der Waals surface area contributed by atoms with Crippen molar-refractivity contribution in [1.82, 2.24) is 34.5 Å². The van der Waals surface area contributed by atoms with Crippen molar-refractivity contribution in [2.75, 3.05) is 12.4 Å². The molecule has 0 fully saturated rings. The highest BCUT2D eigenvalue weighted by Gasteiger charge is 2.22. The van der Waals surface area contributed by atoms with E-state index >= 15 is 0 Å². The Hall–Kier alpha value is -4.01. The topological polar surface area (TPSA) is 106 Å². The van der Waals surface area contributed by atoms with Gasteiger partial charge in [-0.2, -0.15) is 0 Å². The number of rotatable bonds is 5. The van der Waals surface area contributed by atoms with Gasteiger partial charge in [0.15, 0.2) is 17.1 Å². The van der Waals surface area contributed by atoms with Gasteiger partial charge < -0.3 is 15.0 Å². The van der Waals surface area contributed by atoms with Crippen LogP contribution in [0.1, 0.15) is 18.8 Å². The first-order valence-electron chi connectivity index (χ1n) is 9.13. The van der Waals surface area contributed by atoms with Gasteiger partial charge in [-0.1, -0.05) is 12.1 Å². The number of hydrogen-bond donors (Lipinski definition) is 2. The van der Waals surface area contributed by atoms with Gasteiger partial charge in [0.2, 0.25) is 0 Å². The summed E-state index contributed by atoms with van der Waals surface area (Å²) in [4.78, 5) is 25.2. The molecule has 0 unspecified atom stereocenters. The van der Waals surface area contributed by atoms with Gasteiger partial charge in [0.25, 0.3) is 0 Å². The molecule has 9 nitrogen and oxygen atoms in total. The highest BCUT2D eigenvalue weighted by Crippen LogP contribution is 2.31. The number of aromatic amines is 1. The van der Waals surface area contributed by atoms with Crippen molar-refractivity contribution in [3.63, 3.8) is 0 Å². The number of nitrogens with zero attached hydrogens (tertiary/aromatic N) is 6. The smallest absolute Gasteiger partial charge is 0.164 e. The van der Waals surface area contributed by atoms with Gasteiger partial charge in [-0.05, 0) is 31.2 Å². The molecule has 1 aromatic carbocycles. The molecule has 0 spiro atoms. The van der Waals surface area contributed by atoms with E-state index in [9.17, 15) is 0 Å². The maximum atomic E-state index is 5.59. The summed E-state index contributed by atoms with van der Waals surface area (Å²) >= 11 is 0. The molecule has 2 N–H and O–H groups in total. The minimum atomic E-state index is -0.191. The van der Waals surface area contributed by atoms with E-state index in [0.717, 1.165) is 28.4 Å². The Morgan fingerprint density at radius 2 is 1.97 bits per heavy atom. The first-order chi connectivity index (χ1) is 14.3. The molecular formula is C20H18N8O. The van der Waals surface area contributed by atoms with Crippen LogP contribution in [0.2, 0.25) is 0 Å². The second-order valence-electron chi connectivity index (χ2n) is 6.51. The lowest BCUT2D eigenvalue weighted by molar-refractivity contribution is 0.412. The van der Waals surface area contributed by atoms with Crippen LogP contribution in [0, 0.1) is 0 Å². The van der Waals surface area contributed by atoms with Gasteiger partial charge >= 0.3 is 0 Å². The number of ether oxygens (including phenoxy) is 1. The fourth-order valence-corrected chi connectivity index (χ4v) is 3.41. The Labute approximate surface area is 165 Å². The number of fused-ring (bicyclic) bond motifs is 2. The predicted molar refractivity (Wildman–Crippen MR) is 109 cm³/mol. The van der Waals surface area contributed by atoms with E-state index in [1.54, 1.807) is 19.6 Å². The van der Waals surface area contributed by atoms with Crippen LogP contribution in [0.5, 0.6) is 5.75 Å². The van der Waals surface area contributed by atoms with Gasteiger partial charge in [-0.15, -0.1) is 0 Å². The number of imidazole rings is 2. The third-order valence-corrected chi connectivity index (χ3v) is 4.73. The number of pyridine rings is 1. The van der Waals surface area contributed by atoms with E-state index in [2.05, 4.69) is 30.2 Å². The first-order valence-corrected chi connectivity index (χ1v) is 9.13. The van der Waals surface area contributed by atoms with Crippen LogP contribution in [0.15, 0.2) is 55.2 Å². The Morgan fingerprint density at radius 3 is 2.86 bits per heavy atom. The van der Waals surface area contributed by atoms with Gasteiger partial charge in [-0.3, -0.25) is 4.57 Å². The van der Waals surface area contributed by atoms with E-state index < -0.39 is 0 Å². The third-order valence-electron chi connectivity index (χ3n) is 4.73. The van der Waals surface area contributed by atoms with Gasteiger partial charge in [0, 0.05) is 6.20 Å². The molecule has 0 saturated carbocycles. The van der Waals surface area contributed by atoms with Crippen molar-refractivity contribution >= 4 is 28.1 Å². The number of para-hydroxylation sites is 2. The zero-order valence-electron chi connectivity index (χ0n) is 15.9. The number of methoxy groups -OCH3 is 1. The summed E-state index contributed by atoms with van der Waals surface area (Å²) in [7, 11) is 1.65. The number of H-pyrrole nitrogens is 1. The molecule has 4 heterocycles. The van der Waals surface area contributed by atoms with Crippen LogP contribution in [0.25, 0.3) is 28.0 Å². The standard InChI is InChI=1S/C20H18N8O/c1-12(26-18-16-17(23-10-22-16)24-11-25-18)19-27-13-6-5-9-21-20(13)28(19)14-7-3-4-8-15(14)29-2/h3-12H,1-2H3,(H2,22,23,24,25,26)/t12-/m0/s1. The summed E-state index contributed by atoms with van der Waals surface area (Å²) in [6, 6.07) is 11.4. The zero-order chi connectivity index (χ0) is 19.8. The summed E-state index contributed by atoms with van der Waals surface area (Å²) in [5, 5.41) is 3.41. The maximum Gasteiger partial charge on any atom is 0.164 e. The summed E-state index contributed by atoms with van der Waals surface area (Å²) in [5.41, 5.74) is 3.78. The number of benzene rings is 1. The molecule has 144 valence electrons. The number of nitrogens with one attached hydrogen (secondary N) is 2. The molecule has 0 aliphatic heterocycles. The number of anilines is 1. The molecule has 1 atom stereocenters. The van der Waals surface area contributed by atoms with Gasteiger partial charge in [0.05, 0.1) is 25.2 Å². The van der Waals surface area contributed by atoms with Crippen molar-refractivity contribution in [3.8, 4) is 11.4 Å². The highest BCUT2D eigenvalue weighted by molar-refractivity contribution is 5.82. The van der Waals surface area contributed by atoms with Crippen molar-refractivity contribution in [3.05, 3.63) is 61.1 Å². The maximum absolute atomic E-state index is 5.59. The lowest BCUT2D eigenvalue weighted by Crippen LogP contribution is -2.15. The van der Waals surface area contributed by atoms with Crippen LogP contribution in [-0.2, 0) is 0 Å². The number of aromatic nitrogens is 7. The molecule has 0 aliphatic rings. The van der Waals surface area contributed by atoms with Crippen molar-refractivity contribution in [2.24, 2.45) is 0 Å². The first kappa shape index (κ1) is 17.1. The summed E-state index contributed by atoms with van der Waals surface area (Å²) < 4.78 is 7.60. The summed E-state index contributed by atoms with van der Waals surface area (Å²) in [6.45, 7) is 2.02. The Kier molecular flexibility index (Phi) is 4.05. The SMILES string of the molecule is COc1ccccc1-n1c([C@H](C)Nc2ncnc3[nH]cnc23)nc2cccnc21. The minimum absolute atomic E-state index is 0.191. The van der Waals surface area contributed by atoms with Gasteiger partial charge in [0.1, 0.15) is 28.9 Å². The predicted octanol–water partition coefficient (Wildman–Crippen LogP) is 3.27. The molecule has 4 aromatic heterocycles. The van der Waals surface area contributed by atoms with E-state index in [4.69, 9.17) is 9.72 Å². The van der Waals surface area contributed by atoms with Crippen molar-refractivity contribution < 1.29 is 4.74 Å². The molecule has 5 rings (SSSR count). The quantitative estimate of drug-likeness (QED) is 0.477. The third kappa shape index (κ3) is 2.83. The van der Waals surface area contributed by atoms with E-state index in [0.29, 0.717) is 17.0 Å². The van der Waals surface area contributed by atoms with Crippen LogP contribution >= 0.6 is 0 Å². The summed E-state index contributed by atoms with van der Waals surface area (Å²) in [6.07, 6.45) is 4.86. The zero-order valence-corrected chi connectivity index (χ0v) is 15.9. The van der Waals surface area contributed by atoms with Crippen LogP contribution in [-0.4, -0.2) is 41.6 Å². The Morgan fingerprint density at radius 1 is 1.07 bits per heavy atom. The van der Waals surface area contributed by atoms with Gasteiger partial charge in [-0.25, -0.2) is 24.9 Å². The molecule has 0 aliphatic carbocycles. The molecule has 5 aromatic rings. The van der Waals surface area contributed by atoms with E-state index in [-0.39, 0.29) is 6.04 Å². The van der Waals surface area contributed by atoms with E-state index in [1.165, 1.54) is 6.33 Å². The van der Waals surface area contributed by atoms with Crippen molar-refractivity contribution in [1.29, 1.82) is 0 Å².